The summed E-state index contributed by atoms with van der Waals surface area (Å²) in [5, 5.41) is 0. The van der Waals surface area contributed by atoms with Crippen LogP contribution in [0.2, 0.25) is 0 Å². The molecule has 1 aliphatic carbocycles. The molecule has 3 fully saturated rings. The number of piperazine rings is 2. The van der Waals surface area contributed by atoms with E-state index in [1.165, 1.54) is 19.3 Å². The Morgan fingerprint density at radius 1 is 0.933 bits per heavy atom. The molecule has 1 aromatic rings. The lowest BCUT2D eigenvalue weighted by molar-refractivity contribution is -0.136. The van der Waals surface area contributed by atoms with Crippen LogP contribution >= 0.6 is 0 Å². The Kier molecular flexibility index (Phi) is 6.44. The van der Waals surface area contributed by atoms with Gasteiger partial charge in [0.05, 0.1) is 6.54 Å². The molecular weight excluding hydrogens is 376 g/mol. The molecule has 6 heteroatoms. The van der Waals surface area contributed by atoms with Gasteiger partial charge in [0.1, 0.15) is 0 Å². The van der Waals surface area contributed by atoms with Crippen molar-refractivity contribution < 1.29 is 9.59 Å². The fourth-order valence-corrected chi connectivity index (χ4v) is 5.13. The van der Waals surface area contributed by atoms with Gasteiger partial charge in [-0.2, -0.15) is 0 Å². The summed E-state index contributed by atoms with van der Waals surface area (Å²) in [6, 6.07) is 9.29. The fourth-order valence-electron chi connectivity index (χ4n) is 5.13. The Morgan fingerprint density at radius 2 is 1.53 bits per heavy atom. The predicted molar refractivity (Wildman–Crippen MR) is 120 cm³/mol. The number of benzene rings is 1. The van der Waals surface area contributed by atoms with Gasteiger partial charge in [-0.1, -0.05) is 6.42 Å². The van der Waals surface area contributed by atoms with Crippen molar-refractivity contribution >= 4 is 17.4 Å². The molecule has 0 aromatic heterocycles. The van der Waals surface area contributed by atoms with E-state index in [1.54, 1.807) is 6.92 Å². The zero-order valence-electron chi connectivity index (χ0n) is 18.7. The Labute approximate surface area is 180 Å². The van der Waals surface area contributed by atoms with E-state index in [1.807, 2.05) is 24.3 Å². The number of carbonyl (C=O) groups excluding carboxylic acids is 2. The van der Waals surface area contributed by atoms with Gasteiger partial charge >= 0.3 is 0 Å². The van der Waals surface area contributed by atoms with Crippen molar-refractivity contribution in [3.05, 3.63) is 29.8 Å². The monoisotopic (exact) mass is 412 g/mol. The number of anilines is 1. The molecule has 2 heterocycles. The molecular formula is C24H36N4O2. The summed E-state index contributed by atoms with van der Waals surface area (Å²) in [6.07, 6.45) is 4.04. The molecule has 0 N–H and O–H groups in total. The molecule has 164 valence electrons. The number of carbonyl (C=O) groups is 2. The van der Waals surface area contributed by atoms with Crippen molar-refractivity contribution in [3.63, 3.8) is 0 Å². The molecule has 0 radical (unpaired) electrons. The maximum Gasteiger partial charge on any atom is 0.236 e. The first-order valence-corrected chi connectivity index (χ1v) is 11.6. The molecule has 2 aliphatic heterocycles. The molecule has 1 amide bonds. The SMILES string of the molecule is CC(=O)c1ccc(N2C[C@@H](C)N(CC(=O)N3CCN(C4CCC4)CC3)[C@@H](C)C2)cc1. The maximum absolute atomic E-state index is 13.0. The van der Waals surface area contributed by atoms with Gasteiger partial charge in [0.2, 0.25) is 5.91 Å². The summed E-state index contributed by atoms with van der Waals surface area (Å²) in [6.45, 7) is 12.2. The zero-order chi connectivity index (χ0) is 21.3. The largest absolute Gasteiger partial charge is 0.368 e. The topological polar surface area (TPSA) is 47.1 Å². The van der Waals surface area contributed by atoms with Crippen molar-refractivity contribution in [2.75, 3.05) is 50.7 Å². The summed E-state index contributed by atoms with van der Waals surface area (Å²) in [5.41, 5.74) is 1.90. The smallest absolute Gasteiger partial charge is 0.236 e. The van der Waals surface area contributed by atoms with Gasteiger partial charge in [0.15, 0.2) is 5.78 Å². The minimum atomic E-state index is 0.0973. The van der Waals surface area contributed by atoms with Crippen LogP contribution < -0.4 is 4.90 Å². The third-order valence-electron chi connectivity index (χ3n) is 7.32. The van der Waals surface area contributed by atoms with Crippen LogP contribution in [-0.4, -0.2) is 90.3 Å². The minimum absolute atomic E-state index is 0.0973. The van der Waals surface area contributed by atoms with Gasteiger partial charge in [-0.05, 0) is 57.9 Å². The Bertz CT molecular complexity index is 741. The number of hydrogen-bond acceptors (Lipinski definition) is 5. The second kappa shape index (κ2) is 9.06. The van der Waals surface area contributed by atoms with Gasteiger partial charge in [-0.15, -0.1) is 0 Å². The molecule has 1 aromatic carbocycles. The van der Waals surface area contributed by atoms with E-state index in [9.17, 15) is 9.59 Å². The van der Waals surface area contributed by atoms with E-state index >= 15 is 0 Å². The quantitative estimate of drug-likeness (QED) is 0.696. The van der Waals surface area contributed by atoms with Crippen LogP contribution in [0.4, 0.5) is 5.69 Å². The van der Waals surface area contributed by atoms with Gasteiger partial charge in [0, 0.05) is 68.6 Å². The number of hydrogen-bond donors (Lipinski definition) is 0. The average molecular weight is 413 g/mol. The van der Waals surface area contributed by atoms with E-state index in [-0.39, 0.29) is 11.7 Å². The molecule has 2 saturated heterocycles. The second-order valence-corrected chi connectivity index (χ2v) is 9.38. The van der Waals surface area contributed by atoms with Crippen molar-refractivity contribution in [2.24, 2.45) is 0 Å². The van der Waals surface area contributed by atoms with Crippen LogP contribution in [0.5, 0.6) is 0 Å². The summed E-state index contributed by atoms with van der Waals surface area (Å²) in [5.74, 6) is 0.376. The minimum Gasteiger partial charge on any atom is -0.368 e. The first-order chi connectivity index (χ1) is 14.4. The summed E-state index contributed by atoms with van der Waals surface area (Å²) >= 11 is 0. The van der Waals surface area contributed by atoms with Gasteiger partial charge in [0.25, 0.3) is 0 Å². The second-order valence-electron chi connectivity index (χ2n) is 9.38. The molecule has 30 heavy (non-hydrogen) atoms. The molecule has 0 spiro atoms. The standard InChI is InChI=1S/C24H36N4O2/c1-18-15-27(23-9-7-21(8-10-23)20(3)29)16-19(2)28(18)17-24(30)26-13-11-25(12-14-26)22-5-4-6-22/h7-10,18-19,22H,4-6,11-17H2,1-3H3/t18-,19+. The Balaban J connectivity index is 1.30. The van der Waals surface area contributed by atoms with Gasteiger partial charge in [-0.25, -0.2) is 0 Å². The third kappa shape index (κ3) is 4.54. The molecule has 4 rings (SSSR count). The fraction of sp³-hybridized carbons (Fsp3) is 0.667. The van der Waals surface area contributed by atoms with E-state index in [0.717, 1.165) is 56.6 Å². The van der Waals surface area contributed by atoms with Crippen molar-refractivity contribution in [2.45, 2.75) is 58.2 Å². The molecule has 2 atom stereocenters. The van der Waals surface area contributed by atoms with Crippen LogP contribution in [0.15, 0.2) is 24.3 Å². The number of amides is 1. The van der Waals surface area contributed by atoms with E-state index in [2.05, 4.69) is 33.4 Å². The molecule has 6 nitrogen and oxygen atoms in total. The summed E-state index contributed by atoms with van der Waals surface area (Å²) in [7, 11) is 0. The van der Waals surface area contributed by atoms with Crippen LogP contribution in [0, 0.1) is 0 Å². The molecule has 3 aliphatic rings. The highest BCUT2D eigenvalue weighted by atomic mass is 16.2. The zero-order valence-corrected chi connectivity index (χ0v) is 18.7. The lowest BCUT2D eigenvalue weighted by Crippen LogP contribution is -2.60. The van der Waals surface area contributed by atoms with E-state index < -0.39 is 0 Å². The van der Waals surface area contributed by atoms with Gasteiger partial charge in [-0.3, -0.25) is 19.4 Å². The highest BCUT2D eigenvalue weighted by molar-refractivity contribution is 5.94. The van der Waals surface area contributed by atoms with Crippen LogP contribution in [0.25, 0.3) is 0 Å². The summed E-state index contributed by atoms with van der Waals surface area (Å²) in [4.78, 5) is 33.9. The van der Waals surface area contributed by atoms with Crippen molar-refractivity contribution in [1.29, 1.82) is 0 Å². The first kappa shape index (κ1) is 21.3. The van der Waals surface area contributed by atoms with Crippen LogP contribution in [0.3, 0.4) is 0 Å². The number of Topliss-reactive ketones (excluding diaryl/α,β-unsaturated/α-hetero) is 1. The van der Waals surface area contributed by atoms with Gasteiger partial charge < -0.3 is 9.80 Å². The molecule has 1 saturated carbocycles. The predicted octanol–water partition coefficient (Wildman–Crippen LogP) is 2.48. The normalized spacial score (nSPS) is 26.5. The lowest BCUT2D eigenvalue weighted by atomic mass is 9.91. The number of ketones is 1. The van der Waals surface area contributed by atoms with E-state index in [4.69, 9.17) is 0 Å². The number of nitrogens with zero attached hydrogens (tertiary/aromatic N) is 4. The first-order valence-electron chi connectivity index (χ1n) is 11.6. The Morgan fingerprint density at radius 3 is 2.03 bits per heavy atom. The number of rotatable bonds is 5. The van der Waals surface area contributed by atoms with Crippen LogP contribution in [0.1, 0.15) is 50.4 Å². The third-order valence-corrected chi connectivity index (χ3v) is 7.32. The molecule has 0 unspecified atom stereocenters. The maximum atomic E-state index is 13.0. The highest BCUT2D eigenvalue weighted by Crippen LogP contribution is 2.26. The van der Waals surface area contributed by atoms with Crippen molar-refractivity contribution in [1.82, 2.24) is 14.7 Å². The molecule has 0 bridgehead atoms. The highest BCUT2D eigenvalue weighted by Gasteiger charge is 2.34. The van der Waals surface area contributed by atoms with E-state index in [0.29, 0.717) is 18.6 Å². The lowest BCUT2D eigenvalue weighted by Gasteiger charge is -2.46. The van der Waals surface area contributed by atoms with Crippen molar-refractivity contribution in [3.8, 4) is 0 Å². The summed E-state index contributed by atoms with van der Waals surface area (Å²) < 4.78 is 0. The average Bonchev–Trinajstić information content (AvgIpc) is 2.69. The Hall–Kier alpha value is -1.92. The van der Waals surface area contributed by atoms with Crippen LogP contribution in [-0.2, 0) is 4.79 Å².